The van der Waals surface area contributed by atoms with Crippen LogP contribution in [0.25, 0.3) is 11.0 Å². The highest BCUT2D eigenvalue weighted by molar-refractivity contribution is 7.97. The molecule has 5 heteroatoms. The highest BCUT2D eigenvalue weighted by atomic mass is 32.2. The predicted octanol–water partition coefficient (Wildman–Crippen LogP) is 4.88. The number of rotatable bonds is 7. The zero-order chi connectivity index (χ0) is 20.1. The number of fused-ring (bicyclic) bond motifs is 1. The third kappa shape index (κ3) is 4.69. The van der Waals surface area contributed by atoms with Crippen LogP contribution in [-0.2, 0) is 18.8 Å². The average Bonchev–Trinajstić information content (AvgIpc) is 3.17. The minimum absolute atomic E-state index is 0.0466. The molecule has 0 aliphatic heterocycles. The van der Waals surface area contributed by atoms with Crippen molar-refractivity contribution in [2.45, 2.75) is 18.8 Å². The molecule has 4 aromatic rings. The lowest BCUT2D eigenvalue weighted by Crippen LogP contribution is -2.22. The number of benzene rings is 3. The van der Waals surface area contributed by atoms with Crippen LogP contribution < -0.4 is 5.32 Å². The van der Waals surface area contributed by atoms with E-state index in [0.717, 1.165) is 28.9 Å². The van der Waals surface area contributed by atoms with Gasteiger partial charge in [-0.2, -0.15) is 11.8 Å². The maximum atomic E-state index is 12.4. The Balaban J connectivity index is 1.35. The number of thioether (sulfide) groups is 1. The summed E-state index contributed by atoms with van der Waals surface area (Å²) in [5.74, 6) is 0.915. The molecule has 4 nitrogen and oxygen atoms in total. The Morgan fingerprint density at radius 3 is 2.38 bits per heavy atom. The van der Waals surface area contributed by atoms with E-state index in [-0.39, 0.29) is 5.91 Å². The fourth-order valence-corrected chi connectivity index (χ4v) is 3.82. The lowest BCUT2D eigenvalue weighted by atomic mass is 10.1. The number of imidazole rings is 1. The Morgan fingerprint density at radius 2 is 1.62 bits per heavy atom. The van der Waals surface area contributed by atoms with Crippen LogP contribution in [0.1, 0.15) is 27.0 Å². The van der Waals surface area contributed by atoms with Gasteiger partial charge in [0, 0.05) is 24.4 Å². The van der Waals surface area contributed by atoms with E-state index in [9.17, 15) is 4.79 Å². The molecule has 0 spiro atoms. The Morgan fingerprint density at radius 1 is 0.931 bits per heavy atom. The number of carbonyl (C=O) groups is 1. The molecule has 0 bridgehead atoms. The minimum Gasteiger partial charge on any atom is -0.348 e. The second-order valence-electron chi connectivity index (χ2n) is 6.99. The summed E-state index contributed by atoms with van der Waals surface area (Å²) in [5, 5.41) is 3.00. The van der Waals surface area contributed by atoms with Gasteiger partial charge < -0.3 is 9.88 Å². The largest absolute Gasteiger partial charge is 0.348 e. The molecule has 0 saturated heterocycles. The molecule has 29 heavy (non-hydrogen) atoms. The van der Waals surface area contributed by atoms with Gasteiger partial charge in [-0.25, -0.2) is 4.98 Å². The van der Waals surface area contributed by atoms with Crippen molar-refractivity contribution >= 4 is 28.7 Å². The van der Waals surface area contributed by atoms with Gasteiger partial charge in [-0.3, -0.25) is 4.79 Å². The Bertz CT molecular complexity index is 1100. The van der Waals surface area contributed by atoms with Crippen molar-refractivity contribution < 1.29 is 4.79 Å². The first-order valence-electron chi connectivity index (χ1n) is 9.57. The third-order valence-corrected chi connectivity index (χ3v) is 5.51. The van der Waals surface area contributed by atoms with E-state index >= 15 is 0 Å². The lowest BCUT2D eigenvalue weighted by Gasteiger charge is -2.08. The second kappa shape index (κ2) is 8.97. The van der Waals surface area contributed by atoms with Crippen molar-refractivity contribution in [2.24, 2.45) is 0 Å². The number of hydrogen-bond donors (Lipinski definition) is 1. The molecule has 4 rings (SSSR count). The van der Waals surface area contributed by atoms with E-state index in [0.29, 0.717) is 12.1 Å². The van der Waals surface area contributed by atoms with E-state index in [4.69, 9.17) is 0 Å². The normalized spacial score (nSPS) is 10.9. The first kappa shape index (κ1) is 19.3. The molecule has 146 valence electrons. The molecular weight excluding hydrogens is 378 g/mol. The molecule has 1 aromatic heterocycles. The molecule has 1 N–H and O–H groups in total. The van der Waals surface area contributed by atoms with Crippen LogP contribution >= 0.6 is 11.8 Å². The van der Waals surface area contributed by atoms with Crippen LogP contribution in [0.5, 0.6) is 0 Å². The van der Waals surface area contributed by atoms with E-state index in [1.165, 1.54) is 11.1 Å². The molecule has 0 fully saturated rings. The Hall–Kier alpha value is -3.05. The summed E-state index contributed by atoms with van der Waals surface area (Å²) < 4.78 is 2.15. The maximum Gasteiger partial charge on any atom is 0.251 e. The molecule has 1 amide bonds. The van der Waals surface area contributed by atoms with E-state index in [2.05, 4.69) is 51.5 Å². The smallest absolute Gasteiger partial charge is 0.251 e. The van der Waals surface area contributed by atoms with Gasteiger partial charge >= 0.3 is 0 Å². The standard InChI is InChI=1S/C24H23N3OS/c1-29-16-20-10-12-21(13-11-20)24(28)25-14-18-6-8-19(9-7-18)15-27-17-26-22-4-2-3-5-23(22)27/h2-13,17H,14-16H2,1H3,(H,25,28). The number of amides is 1. The number of hydrogen-bond acceptors (Lipinski definition) is 3. The van der Waals surface area contributed by atoms with Crippen molar-refractivity contribution in [1.29, 1.82) is 0 Å². The van der Waals surface area contributed by atoms with Crippen LogP contribution in [0.2, 0.25) is 0 Å². The highest BCUT2D eigenvalue weighted by Crippen LogP contribution is 2.15. The molecular formula is C24H23N3OS. The van der Waals surface area contributed by atoms with Crippen molar-refractivity contribution in [3.05, 3.63) is 101 Å². The van der Waals surface area contributed by atoms with Gasteiger partial charge in [0.1, 0.15) is 0 Å². The molecule has 0 radical (unpaired) electrons. The summed E-state index contributed by atoms with van der Waals surface area (Å²) in [6.45, 7) is 1.29. The summed E-state index contributed by atoms with van der Waals surface area (Å²) in [6, 6.07) is 24.3. The van der Waals surface area contributed by atoms with Gasteiger partial charge in [-0.15, -0.1) is 0 Å². The van der Waals surface area contributed by atoms with Gasteiger partial charge in [0.15, 0.2) is 0 Å². The number of para-hydroxylation sites is 2. The third-order valence-electron chi connectivity index (χ3n) is 4.88. The van der Waals surface area contributed by atoms with Gasteiger partial charge in [0.25, 0.3) is 5.91 Å². The van der Waals surface area contributed by atoms with Crippen molar-refractivity contribution in [3.8, 4) is 0 Å². The molecule has 0 atom stereocenters. The average molecular weight is 402 g/mol. The summed E-state index contributed by atoms with van der Waals surface area (Å²) in [7, 11) is 0. The van der Waals surface area contributed by atoms with Crippen molar-refractivity contribution in [1.82, 2.24) is 14.9 Å². The molecule has 0 aliphatic carbocycles. The first-order valence-corrected chi connectivity index (χ1v) is 11.0. The molecule has 0 unspecified atom stereocenters. The molecule has 0 saturated carbocycles. The van der Waals surface area contributed by atoms with Crippen LogP contribution in [0.4, 0.5) is 0 Å². The van der Waals surface area contributed by atoms with Crippen LogP contribution in [0.3, 0.4) is 0 Å². The van der Waals surface area contributed by atoms with E-state index in [1.807, 2.05) is 48.8 Å². The summed E-state index contributed by atoms with van der Waals surface area (Å²) in [6.07, 6.45) is 3.95. The van der Waals surface area contributed by atoms with Crippen molar-refractivity contribution in [3.63, 3.8) is 0 Å². The maximum absolute atomic E-state index is 12.4. The SMILES string of the molecule is CSCc1ccc(C(=O)NCc2ccc(Cn3cnc4ccccc43)cc2)cc1. The number of aromatic nitrogens is 2. The number of nitrogens with one attached hydrogen (secondary N) is 1. The van der Waals surface area contributed by atoms with Crippen molar-refractivity contribution in [2.75, 3.05) is 6.26 Å². The second-order valence-corrected chi connectivity index (χ2v) is 7.86. The minimum atomic E-state index is -0.0466. The topological polar surface area (TPSA) is 46.9 Å². The monoisotopic (exact) mass is 401 g/mol. The van der Waals surface area contributed by atoms with Crippen LogP contribution in [0.15, 0.2) is 79.1 Å². The molecule has 0 aliphatic rings. The lowest BCUT2D eigenvalue weighted by molar-refractivity contribution is 0.0951. The van der Waals surface area contributed by atoms with Gasteiger partial charge in [-0.1, -0.05) is 48.5 Å². The summed E-state index contributed by atoms with van der Waals surface area (Å²) in [5.41, 5.74) is 6.35. The zero-order valence-electron chi connectivity index (χ0n) is 16.3. The van der Waals surface area contributed by atoms with Crippen LogP contribution in [0, 0.1) is 0 Å². The van der Waals surface area contributed by atoms with E-state index in [1.54, 1.807) is 11.8 Å². The zero-order valence-corrected chi connectivity index (χ0v) is 17.2. The summed E-state index contributed by atoms with van der Waals surface area (Å²) >= 11 is 1.77. The molecule has 1 heterocycles. The van der Waals surface area contributed by atoms with Gasteiger partial charge in [0.2, 0.25) is 0 Å². The Labute approximate surface area is 175 Å². The fourth-order valence-electron chi connectivity index (χ4n) is 3.30. The van der Waals surface area contributed by atoms with Gasteiger partial charge in [-0.05, 0) is 47.2 Å². The summed E-state index contributed by atoms with van der Waals surface area (Å²) in [4.78, 5) is 16.8. The molecule has 3 aromatic carbocycles. The van der Waals surface area contributed by atoms with Gasteiger partial charge in [0.05, 0.1) is 17.4 Å². The quantitative estimate of drug-likeness (QED) is 0.480. The van der Waals surface area contributed by atoms with Crippen LogP contribution in [-0.4, -0.2) is 21.7 Å². The first-order chi connectivity index (χ1) is 14.2. The Kier molecular flexibility index (Phi) is 5.96. The number of nitrogens with zero attached hydrogens (tertiary/aromatic N) is 2. The highest BCUT2D eigenvalue weighted by Gasteiger charge is 2.06. The predicted molar refractivity (Wildman–Crippen MR) is 120 cm³/mol. The number of carbonyl (C=O) groups excluding carboxylic acids is 1. The van der Waals surface area contributed by atoms with E-state index < -0.39 is 0 Å². The fraction of sp³-hybridized carbons (Fsp3) is 0.167.